The first-order chi connectivity index (χ1) is 30.5. The number of benzene rings is 3. The fourth-order valence-corrected chi connectivity index (χ4v) is 9.34. The van der Waals surface area contributed by atoms with Crippen molar-refractivity contribution in [1.82, 2.24) is 19.5 Å². The second kappa shape index (κ2) is 20.8. The molecule has 63 heavy (non-hydrogen) atoms. The van der Waals surface area contributed by atoms with Crippen LogP contribution in [-0.4, -0.2) is 86.7 Å². The molecule has 0 bridgehead atoms. The number of halogens is 3. The third kappa shape index (κ3) is 10.6. The molecule has 0 amide bonds. The van der Waals surface area contributed by atoms with Gasteiger partial charge in [0.2, 0.25) is 0 Å². The molecule has 0 spiro atoms. The number of likely N-dealkylation sites (N-methyl/N-ethyl adjacent to an activating group) is 1. The largest absolute Gasteiger partial charge is 0.390 e. The van der Waals surface area contributed by atoms with E-state index in [4.69, 9.17) is 4.98 Å². The highest BCUT2D eigenvalue weighted by Gasteiger charge is 2.31. The second-order valence-electron chi connectivity index (χ2n) is 16.8. The van der Waals surface area contributed by atoms with Gasteiger partial charge < -0.3 is 35.4 Å². The van der Waals surface area contributed by atoms with Crippen molar-refractivity contribution in [2.24, 2.45) is 5.92 Å². The van der Waals surface area contributed by atoms with Crippen LogP contribution < -0.4 is 30.5 Å². The number of piperazine rings is 1. The smallest absolute Gasteiger partial charge is 0.157 e. The highest BCUT2D eigenvalue weighted by molar-refractivity contribution is 7.98. The number of nitrogens with zero attached hydrogens (tertiary/aromatic N) is 5. The number of rotatable bonds is 19. The Morgan fingerprint density at radius 3 is 2.37 bits per heavy atom. The lowest BCUT2D eigenvalue weighted by Gasteiger charge is -2.40. The molecule has 3 aliphatic rings. The van der Waals surface area contributed by atoms with Gasteiger partial charge >= 0.3 is 0 Å². The molecule has 2 atom stereocenters. The van der Waals surface area contributed by atoms with Crippen molar-refractivity contribution in [1.29, 1.82) is 0 Å². The van der Waals surface area contributed by atoms with E-state index in [-0.39, 0.29) is 29.0 Å². The van der Waals surface area contributed by atoms with Gasteiger partial charge in [-0.25, -0.2) is 22.5 Å². The molecule has 4 N–H and O–H groups in total. The van der Waals surface area contributed by atoms with Gasteiger partial charge in [-0.1, -0.05) is 44.9 Å². The number of piperidine rings is 1. The van der Waals surface area contributed by atoms with Gasteiger partial charge in [0.15, 0.2) is 5.82 Å². The van der Waals surface area contributed by atoms with Gasteiger partial charge in [0.25, 0.3) is 0 Å². The van der Waals surface area contributed by atoms with E-state index in [2.05, 4.69) is 92.0 Å². The van der Waals surface area contributed by atoms with E-state index in [0.717, 1.165) is 112 Å². The van der Waals surface area contributed by atoms with E-state index in [1.807, 2.05) is 49.7 Å². The first kappa shape index (κ1) is 45.5. The standard InChI is InChI=1S/C50H62F3N9S/c1-8-10-11-45(35(5)54-6)57-39-14-19-47(44(52)30-39)62-22-20-36(21-23-62)28-33(3)60-24-26-61(27-25-60)40-15-12-37(13-16-40)38-29-41-42(32-56-50(41)55-31-38)34(4)48-43(51)17-18-46(49(48)53)58-63-59(7)9-2/h8,12-19,29-31,36,42,45,54,57-58H,1,3-5,9-11,20-28,32H2,2,6-7H3,(H,55,56). The molecule has 4 aromatic rings. The van der Waals surface area contributed by atoms with E-state index in [1.54, 1.807) is 6.07 Å². The lowest BCUT2D eigenvalue weighted by atomic mass is 9.88. The molecule has 1 aromatic heterocycles. The summed E-state index contributed by atoms with van der Waals surface area (Å²) < 4.78 is 51.3. The highest BCUT2D eigenvalue weighted by atomic mass is 32.2. The Labute approximate surface area is 376 Å². The van der Waals surface area contributed by atoms with Crippen LogP contribution in [0.3, 0.4) is 0 Å². The minimum atomic E-state index is -0.654. The van der Waals surface area contributed by atoms with Crippen LogP contribution in [0.2, 0.25) is 0 Å². The van der Waals surface area contributed by atoms with Gasteiger partial charge in [-0.2, -0.15) is 0 Å². The predicted octanol–water partition coefficient (Wildman–Crippen LogP) is 10.7. The number of aromatic nitrogens is 1. The third-order valence-corrected chi connectivity index (χ3v) is 13.7. The molecular weight excluding hydrogens is 816 g/mol. The molecular formula is C50H62F3N9S. The monoisotopic (exact) mass is 877 g/mol. The zero-order chi connectivity index (χ0) is 44.6. The quantitative estimate of drug-likeness (QED) is 0.0541. The molecule has 334 valence electrons. The molecule has 2 saturated heterocycles. The summed E-state index contributed by atoms with van der Waals surface area (Å²) >= 11 is 1.26. The Kier molecular flexibility index (Phi) is 15.0. The van der Waals surface area contributed by atoms with Crippen LogP contribution in [0.25, 0.3) is 16.7 Å². The van der Waals surface area contributed by atoms with Crippen LogP contribution in [0.15, 0.2) is 111 Å². The molecule has 3 aliphatic heterocycles. The normalized spacial score (nSPS) is 16.9. The SMILES string of the molecule is C=CCCC(Nc1ccc(N2CCC(CC(=C)N3CCN(c4ccc(-c5cnc6c(c5)C(C(=C)c5c(F)ccc(NSN(C)CC)c5F)CN6)cc4)CC3)CC2)c(F)c1)C(=C)NC. The molecule has 3 aromatic carbocycles. The minimum Gasteiger partial charge on any atom is -0.390 e. The number of nitrogens with one attached hydrogen (secondary N) is 4. The topological polar surface area (TPSA) is 74.0 Å². The summed E-state index contributed by atoms with van der Waals surface area (Å²) in [5.41, 5.74) is 7.91. The molecule has 9 nitrogen and oxygen atoms in total. The highest BCUT2D eigenvalue weighted by Crippen LogP contribution is 2.43. The van der Waals surface area contributed by atoms with E-state index >= 15 is 13.2 Å². The fourth-order valence-electron chi connectivity index (χ4n) is 8.80. The van der Waals surface area contributed by atoms with Crippen molar-refractivity contribution in [3.05, 3.63) is 139 Å². The maximum Gasteiger partial charge on any atom is 0.157 e. The van der Waals surface area contributed by atoms with Crippen molar-refractivity contribution in [2.75, 3.05) is 91.6 Å². The van der Waals surface area contributed by atoms with Crippen molar-refractivity contribution in [2.45, 2.75) is 51.0 Å². The van der Waals surface area contributed by atoms with Crippen LogP contribution in [0.4, 0.5) is 41.7 Å². The molecule has 4 heterocycles. The maximum absolute atomic E-state index is 15.7. The maximum atomic E-state index is 15.7. The van der Waals surface area contributed by atoms with Crippen molar-refractivity contribution >= 4 is 46.3 Å². The van der Waals surface area contributed by atoms with Crippen LogP contribution >= 0.6 is 12.1 Å². The second-order valence-corrected chi connectivity index (χ2v) is 17.8. The summed E-state index contributed by atoms with van der Waals surface area (Å²) in [5.74, 6) is -0.623. The first-order valence-electron chi connectivity index (χ1n) is 22.1. The first-order valence-corrected chi connectivity index (χ1v) is 22.9. The number of hydrogen-bond acceptors (Lipinski definition) is 10. The predicted molar refractivity (Wildman–Crippen MR) is 260 cm³/mol. The Balaban J connectivity index is 0.894. The van der Waals surface area contributed by atoms with Gasteiger partial charge in [-0.3, -0.25) is 0 Å². The third-order valence-electron chi connectivity index (χ3n) is 12.8. The minimum absolute atomic E-state index is 0.0150. The molecule has 7 rings (SSSR count). The molecule has 0 aliphatic carbocycles. The Morgan fingerprint density at radius 2 is 1.68 bits per heavy atom. The number of allylic oxidation sites excluding steroid dienone is 2. The summed E-state index contributed by atoms with van der Waals surface area (Å²) in [6.07, 6.45) is 8.35. The number of fused-ring (bicyclic) bond motifs is 1. The van der Waals surface area contributed by atoms with Crippen LogP contribution in [-0.2, 0) is 0 Å². The van der Waals surface area contributed by atoms with E-state index in [9.17, 15) is 0 Å². The number of pyridine rings is 1. The van der Waals surface area contributed by atoms with Gasteiger partial charge in [-0.05, 0) is 105 Å². The molecule has 2 fully saturated rings. The Morgan fingerprint density at radius 1 is 0.937 bits per heavy atom. The fraction of sp³-hybridized carbons (Fsp3) is 0.380. The van der Waals surface area contributed by atoms with Gasteiger partial charge in [0, 0.05) is 118 Å². The van der Waals surface area contributed by atoms with E-state index in [1.165, 1.54) is 30.0 Å². The molecule has 2 unspecified atom stereocenters. The number of anilines is 5. The molecule has 0 radical (unpaired) electrons. The Hall–Kier alpha value is -5.53. The lowest BCUT2D eigenvalue weighted by Crippen LogP contribution is -2.46. The molecule has 13 heteroatoms. The van der Waals surface area contributed by atoms with Crippen LogP contribution in [0, 0.1) is 23.4 Å². The van der Waals surface area contributed by atoms with Gasteiger partial charge in [-0.15, -0.1) is 6.58 Å². The van der Waals surface area contributed by atoms with Gasteiger partial charge in [0.05, 0.1) is 23.0 Å². The summed E-state index contributed by atoms with van der Waals surface area (Å²) in [7, 11) is 3.74. The average molecular weight is 878 g/mol. The summed E-state index contributed by atoms with van der Waals surface area (Å²) in [6.45, 7) is 25.1. The van der Waals surface area contributed by atoms with Crippen molar-refractivity contribution in [3.8, 4) is 11.1 Å². The summed E-state index contributed by atoms with van der Waals surface area (Å²) in [5, 5.41) is 9.86. The van der Waals surface area contributed by atoms with Crippen LogP contribution in [0.1, 0.15) is 56.1 Å². The van der Waals surface area contributed by atoms with Crippen LogP contribution in [0.5, 0.6) is 0 Å². The van der Waals surface area contributed by atoms with Gasteiger partial charge in [0.1, 0.15) is 17.5 Å². The zero-order valence-electron chi connectivity index (χ0n) is 37.0. The lowest BCUT2D eigenvalue weighted by molar-refractivity contribution is 0.285. The Bertz CT molecular complexity index is 2270. The summed E-state index contributed by atoms with van der Waals surface area (Å²) in [6, 6.07) is 18.7. The van der Waals surface area contributed by atoms with Crippen molar-refractivity contribution in [3.63, 3.8) is 0 Å². The van der Waals surface area contributed by atoms with Crippen molar-refractivity contribution < 1.29 is 13.2 Å². The number of hydrogen-bond donors (Lipinski definition) is 4. The zero-order valence-corrected chi connectivity index (χ0v) is 37.8. The summed E-state index contributed by atoms with van der Waals surface area (Å²) in [4.78, 5) is 11.7. The molecule has 0 saturated carbocycles. The van der Waals surface area contributed by atoms with E-state index < -0.39 is 11.6 Å². The average Bonchev–Trinajstić information content (AvgIpc) is 3.74. The van der Waals surface area contributed by atoms with E-state index in [0.29, 0.717) is 29.5 Å².